The molecule has 1 saturated heterocycles. The fourth-order valence-corrected chi connectivity index (χ4v) is 4.48. The van der Waals surface area contributed by atoms with Crippen LogP contribution in [0, 0.1) is 11.3 Å². The lowest BCUT2D eigenvalue weighted by molar-refractivity contribution is 0.0709. The van der Waals surface area contributed by atoms with Crippen LogP contribution in [0.2, 0.25) is 0 Å². The molecule has 20 heavy (non-hydrogen) atoms. The van der Waals surface area contributed by atoms with E-state index in [1.54, 1.807) is 12.1 Å². The van der Waals surface area contributed by atoms with E-state index in [0.717, 1.165) is 4.90 Å². The van der Waals surface area contributed by atoms with Crippen LogP contribution in [0.5, 0.6) is 0 Å². The maximum Gasteiger partial charge on any atom is 0.0991 e. The summed E-state index contributed by atoms with van der Waals surface area (Å²) >= 11 is 2.86. The van der Waals surface area contributed by atoms with Crippen molar-refractivity contribution in [3.8, 4) is 6.07 Å². The van der Waals surface area contributed by atoms with Crippen molar-refractivity contribution in [1.82, 2.24) is 0 Å². The van der Waals surface area contributed by atoms with Crippen molar-refractivity contribution in [1.29, 1.82) is 5.26 Å². The number of aliphatic hydroxyl groups is 2. The second-order valence-electron chi connectivity index (χ2n) is 4.21. The Morgan fingerprint density at radius 3 is 2.70 bits per heavy atom. The molecule has 0 amide bonds. The second-order valence-corrected chi connectivity index (χ2v) is 6.90. The molecular weight excluding hydrogens is 296 g/mol. The van der Waals surface area contributed by atoms with Gasteiger partial charge in [-0.15, -0.1) is 23.5 Å². The fourth-order valence-electron chi connectivity index (χ4n) is 1.83. The number of nitriles is 1. The molecule has 0 bridgehead atoms. The third kappa shape index (κ3) is 3.39. The minimum Gasteiger partial charge on any atom is -0.392 e. The molecule has 1 aliphatic rings. The first-order valence-electron chi connectivity index (χ1n) is 5.84. The summed E-state index contributed by atoms with van der Waals surface area (Å²) in [6.45, 7) is 0. The van der Waals surface area contributed by atoms with E-state index in [0.29, 0.717) is 11.3 Å². The monoisotopic (exact) mass is 308 g/mol. The van der Waals surface area contributed by atoms with Gasteiger partial charge in [0.25, 0.3) is 0 Å². The lowest BCUT2D eigenvalue weighted by Gasteiger charge is -2.34. The minimum atomic E-state index is -0.916. The van der Waals surface area contributed by atoms with E-state index < -0.39 is 18.2 Å². The number of benzene rings is 1. The summed E-state index contributed by atoms with van der Waals surface area (Å²) in [5.74, 6) is 0.411. The Bertz CT molecular complexity index is 554. The number of azide groups is 1. The molecule has 2 N–H and O–H groups in total. The van der Waals surface area contributed by atoms with Gasteiger partial charge in [0.1, 0.15) is 0 Å². The Morgan fingerprint density at radius 2 is 2.10 bits per heavy atom. The van der Waals surface area contributed by atoms with Gasteiger partial charge in [-0.3, -0.25) is 0 Å². The third-order valence-corrected chi connectivity index (χ3v) is 5.77. The van der Waals surface area contributed by atoms with E-state index in [1.807, 2.05) is 18.2 Å². The van der Waals surface area contributed by atoms with Crippen LogP contribution in [0.3, 0.4) is 0 Å². The molecule has 6 nitrogen and oxygen atoms in total. The predicted octanol–water partition coefficient (Wildman–Crippen LogP) is 2.12. The van der Waals surface area contributed by atoms with Crippen LogP contribution in [0.4, 0.5) is 0 Å². The van der Waals surface area contributed by atoms with E-state index in [-0.39, 0.29) is 4.58 Å². The predicted molar refractivity (Wildman–Crippen MR) is 78.2 cm³/mol. The summed E-state index contributed by atoms with van der Waals surface area (Å²) in [6, 6.07) is 8.26. The Kier molecular flexibility index (Phi) is 5.17. The number of thioether (sulfide) groups is 2. The standard InChI is InChI=1S/C12H12N4O2S2/c13-5-7-1-3-8(4-2-7)20-12-11(18)10(15-16-14)9(17)6-19-12/h1-4,9-12,17-18H,6H2/t9-,10+,11-,12+/m1/s1. The van der Waals surface area contributed by atoms with Crippen LogP contribution in [-0.4, -0.2) is 38.8 Å². The van der Waals surface area contributed by atoms with E-state index in [2.05, 4.69) is 10.0 Å². The van der Waals surface area contributed by atoms with Gasteiger partial charge in [-0.05, 0) is 29.8 Å². The molecule has 0 unspecified atom stereocenters. The van der Waals surface area contributed by atoms with Crippen molar-refractivity contribution in [3.63, 3.8) is 0 Å². The van der Waals surface area contributed by atoms with Crippen LogP contribution < -0.4 is 0 Å². The van der Waals surface area contributed by atoms with E-state index >= 15 is 0 Å². The average Bonchev–Trinajstić information content (AvgIpc) is 2.47. The lowest BCUT2D eigenvalue weighted by atomic mass is 10.1. The first kappa shape index (κ1) is 15.0. The normalized spacial score (nSPS) is 29.2. The highest BCUT2D eigenvalue weighted by atomic mass is 32.2. The summed E-state index contributed by atoms with van der Waals surface area (Å²) < 4.78 is -0.221. The number of hydrogen-bond donors (Lipinski definition) is 2. The molecule has 1 aromatic rings. The molecular formula is C12H12N4O2S2. The van der Waals surface area contributed by atoms with Gasteiger partial charge in [0, 0.05) is 15.6 Å². The van der Waals surface area contributed by atoms with Crippen LogP contribution in [0.25, 0.3) is 10.4 Å². The first-order valence-corrected chi connectivity index (χ1v) is 7.77. The Balaban J connectivity index is 2.08. The zero-order valence-corrected chi connectivity index (χ0v) is 12.0. The topological polar surface area (TPSA) is 113 Å². The molecule has 1 fully saturated rings. The van der Waals surface area contributed by atoms with Gasteiger partial charge in [0.15, 0.2) is 0 Å². The van der Waals surface area contributed by atoms with E-state index in [4.69, 9.17) is 10.8 Å². The Hall–Kier alpha value is -1.36. The van der Waals surface area contributed by atoms with E-state index in [9.17, 15) is 10.2 Å². The highest BCUT2D eigenvalue weighted by Gasteiger charge is 2.38. The maximum atomic E-state index is 10.2. The molecule has 1 heterocycles. The number of aliphatic hydroxyl groups excluding tert-OH is 2. The third-order valence-electron chi connectivity index (χ3n) is 2.87. The zero-order valence-electron chi connectivity index (χ0n) is 10.3. The van der Waals surface area contributed by atoms with Crippen LogP contribution in [0.15, 0.2) is 34.3 Å². The summed E-state index contributed by atoms with van der Waals surface area (Å²) in [5.41, 5.74) is 9.06. The molecule has 0 aromatic heterocycles. The van der Waals surface area contributed by atoms with Crippen molar-refractivity contribution in [2.24, 2.45) is 5.11 Å². The molecule has 8 heteroatoms. The van der Waals surface area contributed by atoms with Crippen LogP contribution in [0.1, 0.15) is 5.56 Å². The van der Waals surface area contributed by atoms with E-state index in [1.165, 1.54) is 23.5 Å². The summed E-state index contributed by atoms with van der Waals surface area (Å²) in [6.07, 6.45) is -1.75. The molecule has 0 radical (unpaired) electrons. The van der Waals surface area contributed by atoms with Crippen LogP contribution >= 0.6 is 23.5 Å². The largest absolute Gasteiger partial charge is 0.392 e. The van der Waals surface area contributed by atoms with Gasteiger partial charge in [-0.1, -0.05) is 5.11 Å². The molecule has 1 aromatic carbocycles. The SMILES string of the molecule is N#Cc1ccc(S[C@@H]2SC[C@@H](O)[C@H](N=[N+]=[N-])[C@H]2O)cc1. The summed E-state index contributed by atoms with van der Waals surface area (Å²) in [5, 5.41) is 32.1. The number of hydrogen-bond acceptors (Lipinski definition) is 6. The van der Waals surface area contributed by atoms with Gasteiger partial charge >= 0.3 is 0 Å². The smallest absolute Gasteiger partial charge is 0.0991 e. The van der Waals surface area contributed by atoms with Crippen molar-refractivity contribution in [3.05, 3.63) is 40.3 Å². The van der Waals surface area contributed by atoms with Gasteiger partial charge < -0.3 is 10.2 Å². The molecule has 4 atom stereocenters. The van der Waals surface area contributed by atoms with Gasteiger partial charge in [-0.2, -0.15) is 5.26 Å². The average molecular weight is 308 g/mol. The zero-order chi connectivity index (χ0) is 14.5. The molecule has 1 aliphatic heterocycles. The first-order chi connectivity index (χ1) is 9.65. The van der Waals surface area contributed by atoms with Crippen molar-refractivity contribution in [2.75, 3.05) is 5.75 Å². The Morgan fingerprint density at radius 1 is 1.40 bits per heavy atom. The summed E-state index contributed by atoms with van der Waals surface area (Å²) in [7, 11) is 0. The fraction of sp³-hybridized carbons (Fsp3) is 0.417. The van der Waals surface area contributed by atoms with Gasteiger partial charge in [0.05, 0.1) is 34.5 Å². The quantitative estimate of drug-likeness (QED) is 0.504. The second kappa shape index (κ2) is 6.88. The number of nitrogens with zero attached hydrogens (tertiary/aromatic N) is 4. The minimum absolute atomic E-state index is 0.221. The highest BCUT2D eigenvalue weighted by molar-refractivity contribution is 8.17. The molecule has 0 saturated carbocycles. The van der Waals surface area contributed by atoms with Crippen molar-refractivity contribution >= 4 is 23.5 Å². The number of rotatable bonds is 3. The molecule has 104 valence electrons. The molecule has 0 aliphatic carbocycles. The maximum absolute atomic E-state index is 10.2. The van der Waals surface area contributed by atoms with Crippen molar-refractivity contribution < 1.29 is 10.2 Å². The van der Waals surface area contributed by atoms with Crippen LogP contribution in [-0.2, 0) is 0 Å². The molecule has 0 spiro atoms. The van der Waals surface area contributed by atoms with Gasteiger partial charge in [0.2, 0.25) is 0 Å². The van der Waals surface area contributed by atoms with Crippen molar-refractivity contribution in [2.45, 2.75) is 27.7 Å². The highest BCUT2D eigenvalue weighted by Crippen LogP contribution is 2.39. The molecule has 2 rings (SSSR count). The lowest BCUT2D eigenvalue weighted by Crippen LogP contribution is -2.46. The summed E-state index contributed by atoms with van der Waals surface area (Å²) in [4.78, 5) is 3.59. The van der Waals surface area contributed by atoms with Gasteiger partial charge in [-0.25, -0.2) is 0 Å². The Labute approximate surface area is 124 Å².